The van der Waals surface area contributed by atoms with Crippen molar-refractivity contribution >= 4 is 16.8 Å². The van der Waals surface area contributed by atoms with Crippen molar-refractivity contribution in [2.45, 2.75) is 20.4 Å². The highest BCUT2D eigenvalue weighted by Crippen LogP contribution is 2.21. The normalized spacial score (nSPS) is 10.9. The summed E-state index contributed by atoms with van der Waals surface area (Å²) < 4.78 is 12.3. The van der Waals surface area contributed by atoms with Gasteiger partial charge in [0, 0.05) is 30.2 Å². The molecule has 0 unspecified atom stereocenters. The number of benzene rings is 1. The lowest BCUT2D eigenvalue weighted by molar-refractivity contribution is 0.0950. The Labute approximate surface area is 134 Å². The number of nitrogens with zero attached hydrogens (tertiary/aromatic N) is 2. The van der Waals surface area contributed by atoms with Crippen LogP contribution in [0.25, 0.3) is 10.9 Å². The van der Waals surface area contributed by atoms with Gasteiger partial charge in [0.05, 0.1) is 12.8 Å². The maximum Gasteiger partial charge on any atom is 0.256 e. The molecule has 23 heavy (non-hydrogen) atoms. The second kappa shape index (κ2) is 6.16. The summed E-state index contributed by atoms with van der Waals surface area (Å²) in [6.45, 7) is 4.71. The predicted octanol–water partition coefficient (Wildman–Crippen LogP) is 2.68. The number of hydrogen-bond donors (Lipinski definition) is 1. The van der Waals surface area contributed by atoms with Gasteiger partial charge in [0.25, 0.3) is 5.91 Å². The molecule has 6 heteroatoms. The lowest BCUT2D eigenvalue weighted by Crippen LogP contribution is -2.27. The van der Waals surface area contributed by atoms with Gasteiger partial charge in [-0.3, -0.25) is 4.79 Å². The van der Waals surface area contributed by atoms with E-state index in [1.165, 1.54) is 0 Å². The van der Waals surface area contributed by atoms with E-state index in [2.05, 4.69) is 15.0 Å². The van der Waals surface area contributed by atoms with Gasteiger partial charge in [-0.2, -0.15) is 0 Å². The summed E-state index contributed by atoms with van der Waals surface area (Å²) in [5, 5.41) is 7.82. The molecule has 6 nitrogen and oxygen atoms in total. The topological polar surface area (TPSA) is 69.3 Å². The molecule has 1 N–H and O–H groups in total. The van der Waals surface area contributed by atoms with Crippen LogP contribution >= 0.6 is 0 Å². The third-order valence-corrected chi connectivity index (χ3v) is 3.88. The van der Waals surface area contributed by atoms with Crippen molar-refractivity contribution in [3.63, 3.8) is 0 Å². The van der Waals surface area contributed by atoms with Crippen molar-refractivity contribution in [1.29, 1.82) is 0 Å². The van der Waals surface area contributed by atoms with Gasteiger partial charge < -0.3 is 19.1 Å². The molecule has 0 saturated heterocycles. The summed E-state index contributed by atoms with van der Waals surface area (Å²) in [5.41, 5.74) is 2.24. The van der Waals surface area contributed by atoms with Crippen molar-refractivity contribution < 1.29 is 14.1 Å². The Balaban J connectivity index is 1.66. The monoisotopic (exact) mass is 313 g/mol. The van der Waals surface area contributed by atoms with Gasteiger partial charge in [0.2, 0.25) is 0 Å². The Morgan fingerprint density at radius 1 is 1.35 bits per heavy atom. The highest BCUT2D eigenvalue weighted by atomic mass is 16.5. The average molecular weight is 313 g/mol. The molecule has 120 valence electrons. The number of carbonyl (C=O) groups is 1. The zero-order valence-corrected chi connectivity index (χ0v) is 13.4. The van der Waals surface area contributed by atoms with E-state index in [0.29, 0.717) is 30.1 Å². The molecule has 0 radical (unpaired) electrons. The molecule has 0 aliphatic carbocycles. The number of ether oxygens (including phenoxy) is 1. The number of methoxy groups -OCH3 is 1. The van der Waals surface area contributed by atoms with Crippen LogP contribution in [0.15, 0.2) is 35.0 Å². The Morgan fingerprint density at radius 2 is 2.17 bits per heavy atom. The molecule has 0 spiro atoms. The van der Waals surface area contributed by atoms with Gasteiger partial charge in [-0.1, -0.05) is 5.16 Å². The molecule has 2 aromatic heterocycles. The van der Waals surface area contributed by atoms with Crippen molar-refractivity contribution in [2.24, 2.45) is 0 Å². The zero-order chi connectivity index (χ0) is 16.4. The number of hydrogen-bond acceptors (Lipinski definition) is 4. The summed E-state index contributed by atoms with van der Waals surface area (Å²) in [6.07, 6.45) is 2.01. The molecule has 0 bridgehead atoms. The van der Waals surface area contributed by atoms with Gasteiger partial charge in [-0.25, -0.2) is 0 Å². The summed E-state index contributed by atoms with van der Waals surface area (Å²) in [5.74, 6) is 1.22. The molecule has 2 heterocycles. The first-order valence-corrected chi connectivity index (χ1v) is 7.44. The molecule has 0 fully saturated rings. The maximum atomic E-state index is 12.2. The minimum Gasteiger partial charge on any atom is -0.497 e. The minimum absolute atomic E-state index is 0.153. The zero-order valence-electron chi connectivity index (χ0n) is 13.4. The van der Waals surface area contributed by atoms with Crippen molar-refractivity contribution in [1.82, 2.24) is 15.0 Å². The summed E-state index contributed by atoms with van der Waals surface area (Å²) in [6, 6.07) is 7.98. The van der Waals surface area contributed by atoms with Crippen LogP contribution in [0.2, 0.25) is 0 Å². The predicted molar refractivity (Wildman–Crippen MR) is 86.8 cm³/mol. The fraction of sp³-hybridized carbons (Fsp3) is 0.294. The van der Waals surface area contributed by atoms with E-state index in [-0.39, 0.29) is 5.91 Å². The van der Waals surface area contributed by atoms with Gasteiger partial charge in [-0.15, -0.1) is 0 Å². The molecule has 0 saturated carbocycles. The van der Waals surface area contributed by atoms with E-state index in [1.54, 1.807) is 21.0 Å². The van der Waals surface area contributed by atoms with Gasteiger partial charge >= 0.3 is 0 Å². The molecule has 0 atom stereocenters. The van der Waals surface area contributed by atoms with E-state index in [9.17, 15) is 4.79 Å². The van der Waals surface area contributed by atoms with Crippen molar-refractivity contribution in [2.75, 3.05) is 13.7 Å². The largest absolute Gasteiger partial charge is 0.497 e. The van der Waals surface area contributed by atoms with Crippen molar-refractivity contribution in [3.05, 3.63) is 47.5 Å². The number of rotatable bonds is 5. The lowest BCUT2D eigenvalue weighted by atomic mass is 10.2. The number of fused-ring (bicyclic) bond motifs is 1. The highest BCUT2D eigenvalue weighted by Gasteiger charge is 2.16. The van der Waals surface area contributed by atoms with E-state index in [1.807, 2.05) is 30.5 Å². The molecule has 3 rings (SSSR count). The third-order valence-electron chi connectivity index (χ3n) is 3.88. The Bertz CT molecular complexity index is 829. The lowest BCUT2D eigenvalue weighted by Gasteiger charge is -2.08. The van der Waals surface area contributed by atoms with Crippen LogP contribution < -0.4 is 10.1 Å². The van der Waals surface area contributed by atoms with Gasteiger partial charge in [-0.05, 0) is 38.1 Å². The summed E-state index contributed by atoms with van der Waals surface area (Å²) in [4.78, 5) is 12.2. The van der Waals surface area contributed by atoms with Gasteiger partial charge in [0.15, 0.2) is 0 Å². The molecule has 0 aliphatic rings. The minimum atomic E-state index is -0.153. The molecular formula is C17H19N3O3. The number of amides is 1. The average Bonchev–Trinajstić information content (AvgIpc) is 3.10. The maximum absolute atomic E-state index is 12.2. The Hall–Kier alpha value is -2.76. The van der Waals surface area contributed by atoms with Crippen molar-refractivity contribution in [3.8, 4) is 5.75 Å². The third kappa shape index (κ3) is 2.92. The first kappa shape index (κ1) is 15.1. The Kier molecular flexibility index (Phi) is 4.06. The first-order chi connectivity index (χ1) is 11.1. The van der Waals surface area contributed by atoms with Crippen LogP contribution in [0, 0.1) is 13.8 Å². The SMILES string of the molecule is COc1ccc2c(ccn2CCNC(=O)c2c(C)noc2C)c1. The number of nitrogens with one attached hydrogen (secondary N) is 1. The van der Waals surface area contributed by atoms with E-state index < -0.39 is 0 Å². The smallest absolute Gasteiger partial charge is 0.256 e. The van der Waals surface area contributed by atoms with Crippen LogP contribution in [0.4, 0.5) is 0 Å². The second-order valence-corrected chi connectivity index (χ2v) is 5.39. The summed E-state index contributed by atoms with van der Waals surface area (Å²) >= 11 is 0. The highest BCUT2D eigenvalue weighted by molar-refractivity contribution is 5.96. The summed E-state index contributed by atoms with van der Waals surface area (Å²) in [7, 11) is 1.66. The molecule has 1 amide bonds. The molecule has 1 aromatic carbocycles. The number of aryl methyl sites for hydroxylation is 2. The fourth-order valence-corrected chi connectivity index (χ4v) is 2.69. The quantitative estimate of drug-likeness (QED) is 0.786. The van der Waals surface area contributed by atoms with E-state index >= 15 is 0 Å². The number of aromatic nitrogens is 2. The molecular weight excluding hydrogens is 294 g/mol. The molecule has 3 aromatic rings. The van der Waals surface area contributed by atoms with Crippen LogP contribution in [-0.2, 0) is 6.54 Å². The second-order valence-electron chi connectivity index (χ2n) is 5.39. The van der Waals surface area contributed by atoms with Crippen LogP contribution in [0.3, 0.4) is 0 Å². The van der Waals surface area contributed by atoms with Crippen LogP contribution in [0.5, 0.6) is 5.75 Å². The van der Waals surface area contributed by atoms with Crippen LogP contribution in [-0.4, -0.2) is 29.3 Å². The standard InChI is InChI=1S/C17H19N3O3/c1-11-16(12(2)23-19-11)17(21)18-7-9-20-8-6-13-10-14(22-3)4-5-15(13)20/h4-6,8,10H,7,9H2,1-3H3,(H,18,21). The van der Waals surface area contributed by atoms with E-state index in [4.69, 9.17) is 9.26 Å². The first-order valence-electron chi connectivity index (χ1n) is 7.44. The Morgan fingerprint density at radius 3 is 2.87 bits per heavy atom. The van der Waals surface area contributed by atoms with E-state index in [0.717, 1.165) is 16.7 Å². The molecule has 0 aliphatic heterocycles. The number of carbonyl (C=O) groups excluding carboxylic acids is 1. The fourth-order valence-electron chi connectivity index (χ4n) is 2.69. The van der Waals surface area contributed by atoms with Gasteiger partial charge in [0.1, 0.15) is 17.1 Å². The van der Waals surface area contributed by atoms with Crippen LogP contribution in [0.1, 0.15) is 21.8 Å².